The number of unbranched alkanes of at least 4 members (excludes halogenated alkanes) is 1. The molecule has 0 aliphatic heterocycles. The van der Waals surface area contributed by atoms with E-state index >= 15 is 0 Å². The fourth-order valence-electron chi connectivity index (χ4n) is 0.427. The predicted octanol–water partition coefficient (Wildman–Crippen LogP) is -0.263. The maximum atomic E-state index is 9.63. The average Bonchev–Trinajstić information content (AvgIpc) is 1.89. The Kier molecular flexibility index (Phi) is 5.01. The first-order valence-corrected chi connectivity index (χ1v) is 2.72. The van der Waals surface area contributed by atoms with Crippen LogP contribution in [-0.4, -0.2) is 23.8 Å². The highest BCUT2D eigenvalue weighted by molar-refractivity contribution is 5.56. The molecule has 0 spiro atoms. The van der Waals surface area contributed by atoms with Crippen molar-refractivity contribution < 1.29 is 14.7 Å². The van der Waals surface area contributed by atoms with Crippen LogP contribution in [0.1, 0.15) is 19.3 Å². The lowest BCUT2D eigenvalue weighted by molar-refractivity contribution is 0.222. The largest absolute Gasteiger partial charge is 0.385 e. The summed E-state index contributed by atoms with van der Waals surface area (Å²) in [4.78, 5) is 19.2. The van der Waals surface area contributed by atoms with Crippen LogP contribution in [0.5, 0.6) is 0 Å². The smallest absolute Gasteiger partial charge is 0.229 e. The Morgan fingerprint density at radius 3 is 2.56 bits per heavy atom. The molecule has 0 aromatic rings. The molecule has 0 heterocycles. The molecule has 0 aromatic heterocycles. The Bertz CT molecular complexity index is 90.3. The fourth-order valence-corrected chi connectivity index (χ4v) is 0.427. The van der Waals surface area contributed by atoms with Gasteiger partial charge in [-0.25, -0.2) is 0 Å². The number of aliphatic hydroxyl groups excluding tert-OH is 1. The van der Waals surface area contributed by atoms with Gasteiger partial charge >= 0.3 is 0 Å². The van der Waals surface area contributed by atoms with Crippen LogP contribution < -0.4 is 0 Å². The molecular weight excluding hydrogens is 120 g/mol. The molecule has 0 aliphatic rings. The van der Waals surface area contributed by atoms with Crippen LogP contribution in [0.25, 0.3) is 0 Å². The molecule has 1 atom stereocenters. The van der Waals surface area contributed by atoms with E-state index in [-0.39, 0.29) is 6.42 Å². The summed E-state index contributed by atoms with van der Waals surface area (Å²) in [6.07, 6.45) is 3.11. The summed E-state index contributed by atoms with van der Waals surface area (Å²) in [7, 11) is 0. The van der Waals surface area contributed by atoms with Gasteiger partial charge in [0.1, 0.15) is 6.10 Å². The summed E-state index contributed by atoms with van der Waals surface area (Å²) < 4.78 is 0. The molecule has 0 saturated heterocycles. The van der Waals surface area contributed by atoms with Crippen molar-refractivity contribution in [1.29, 1.82) is 0 Å². The Morgan fingerprint density at radius 1 is 1.44 bits per heavy atom. The van der Waals surface area contributed by atoms with E-state index in [1.54, 1.807) is 6.29 Å². The molecule has 0 aromatic carbocycles. The Morgan fingerprint density at radius 2 is 2.11 bits per heavy atom. The third kappa shape index (κ3) is 5.17. The highest BCUT2D eigenvalue weighted by Gasteiger charge is 2.00. The summed E-state index contributed by atoms with van der Waals surface area (Å²) in [5, 5.41) is 8.53. The second-order valence-electron chi connectivity index (χ2n) is 1.67. The summed E-state index contributed by atoms with van der Waals surface area (Å²) in [6.45, 7) is 0. The van der Waals surface area contributed by atoms with E-state index < -0.39 is 6.10 Å². The molecular formula is C6H8O3. The SMILES string of the molecule is O=[C]CCCC(O)[C]=O. The van der Waals surface area contributed by atoms with Gasteiger partial charge in [0, 0.05) is 6.42 Å². The molecule has 0 rings (SSSR count). The van der Waals surface area contributed by atoms with E-state index in [2.05, 4.69) is 0 Å². The van der Waals surface area contributed by atoms with Gasteiger partial charge < -0.3 is 5.11 Å². The lowest BCUT2D eigenvalue weighted by atomic mass is 10.2. The lowest BCUT2D eigenvalue weighted by Crippen LogP contribution is -2.06. The van der Waals surface area contributed by atoms with E-state index in [4.69, 9.17) is 5.11 Å². The molecule has 0 bridgehead atoms. The second kappa shape index (κ2) is 5.44. The molecule has 3 nitrogen and oxygen atoms in total. The normalized spacial score (nSPS) is 12.6. The highest BCUT2D eigenvalue weighted by Crippen LogP contribution is 1.95. The minimum Gasteiger partial charge on any atom is -0.385 e. The number of carbonyl (C=O) groups excluding carboxylic acids is 2. The van der Waals surface area contributed by atoms with E-state index in [0.29, 0.717) is 12.8 Å². The molecule has 2 radical (unpaired) electrons. The Balaban J connectivity index is 3.05. The zero-order valence-electron chi connectivity index (χ0n) is 4.96. The molecule has 1 N–H and O–H groups in total. The molecule has 50 valence electrons. The monoisotopic (exact) mass is 128 g/mol. The number of rotatable bonds is 5. The van der Waals surface area contributed by atoms with Crippen LogP contribution in [0.15, 0.2) is 0 Å². The van der Waals surface area contributed by atoms with Crippen LogP contribution in [0.4, 0.5) is 0 Å². The standard InChI is InChI=1S/C6H8O3/c7-4-2-1-3-6(9)5-8/h6,9H,1-3H2. The average molecular weight is 128 g/mol. The van der Waals surface area contributed by atoms with Gasteiger partial charge in [-0.15, -0.1) is 0 Å². The first kappa shape index (κ1) is 8.30. The van der Waals surface area contributed by atoms with Gasteiger partial charge in [0.25, 0.3) is 0 Å². The van der Waals surface area contributed by atoms with Crippen molar-refractivity contribution in [1.82, 2.24) is 0 Å². The predicted molar refractivity (Wildman–Crippen MR) is 31.2 cm³/mol. The Labute approximate surface area is 53.7 Å². The van der Waals surface area contributed by atoms with Gasteiger partial charge in [0.2, 0.25) is 6.29 Å². The zero-order chi connectivity index (χ0) is 7.11. The second-order valence-corrected chi connectivity index (χ2v) is 1.67. The highest BCUT2D eigenvalue weighted by atomic mass is 16.3. The van der Waals surface area contributed by atoms with Crippen LogP contribution in [0, 0.1) is 0 Å². The van der Waals surface area contributed by atoms with Crippen LogP contribution >= 0.6 is 0 Å². The van der Waals surface area contributed by atoms with E-state index in [9.17, 15) is 9.59 Å². The van der Waals surface area contributed by atoms with Crippen molar-refractivity contribution >= 4 is 12.6 Å². The zero-order valence-corrected chi connectivity index (χ0v) is 4.96. The summed E-state index contributed by atoms with van der Waals surface area (Å²) in [5.41, 5.74) is 0. The van der Waals surface area contributed by atoms with E-state index in [1.165, 1.54) is 6.29 Å². The van der Waals surface area contributed by atoms with Crippen LogP contribution in [-0.2, 0) is 9.59 Å². The molecule has 0 amide bonds. The van der Waals surface area contributed by atoms with Crippen molar-refractivity contribution in [2.75, 3.05) is 0 Å². The topological polar surface area (TPSA) is 54.4 Å². The van der Waals surface area contributed by atoms with Gasteiger partial charge in [0.05, 0.1) is 0 Å². The minimum atomic E-state index is -1.03. The minimum absolute atomic E-state index is 0.277. The number of hydrogen-bond acceptors (Lipinski definition) is 3. The molecule has 1 unspecified atom stereocenters. The van der Waals surface area contributed by atoms with Crippen molar-refractivity contribution in [3.8, 4) is 0 Å². The van der Waals surface area contributed by atoms with Gasteiger partial charge in [-0.05, 0) is 12.8 Å². The van der Waals surface area contributed by atoms with Crippen LogP contribution in [0.3, 0.4) is 0 Å². The van der Waals surface area contributed by atoms with Gasteiger partial charge in [-0.1, -0.05) is 0 Å². The van der Waals surface area contributed by atoms with Crippen molar-refractivity contribution in [3.63, 3.8) is 0 Å². The van der Waals surface area contributed by atoms with Gasteiger partial charge in [0.15, 0.2) is 6.29 Å². The van der Waals surface area contributed by atoms with Gasteiger partial charge in [-0.3, -0.25) is 9.59 Å². The first-order chi connectivity index (χ1) is 4.31. The molecule has 0 saturated carbocycles. The maximum Gasteiger partial charge on any atom is 0.229 e. The van der Waals surface area contributed by atoms with Crippen molar-refractivity contribution in [3.05, 3.63) is 0 Å². The molecule has 3 heteroatoms. The Hall–Kier alpha value is -0.700. The van der Waals surface area contributed by atoms with E-state index in [0.717, 1.165) is 0 Å². The molecule has 0 fully saturated rings. The quantitative estimate of drug-likeness (QED) is 0.519. The number of hydrogen-bond donors (Lipinski definition) is 1. The van der Waals surface area contributed by atoms with Crippen molar-refractivity contribution in [2.24, 2.45) is 0 Å². The van der Waals surface area contributed by atoms with E-state index in [1.807, 2.05) is 0 Å². The lowest BCUT2D eigenvalue weighted by Gasteiger charge is -1.95. The molecule has 0 aliphatic carbocycles. The summed E-state index contributed by atoms with van der Waals surface area (Å²) >= 11 is 0. The van der Waals surface area contributed by atoms with Crippen LogP contribution in [0.2, 0.25) is 0 Å². The fraction of sp³-hybridized carbons (Fsp3) is 0.667. The maximum absolute atomic E-state index is 9.63. The third-order valence-corrected chi connectivity index (χ3v) is 0.892. The van der Waals surface area contributed by atoms with Crippen molar-refractivity contribution in [2.45, 2.75) is 25.4 Å². The number of aliphatic hydroxyl groups is 1. The summed E-state index contributed by atoms with van der Waals surface area (Å²) in [5.74, 6) is 0. The first-order valence-electron chi connectivity index (χ1n) is 2.72. The molecule has 9 heavy (non-hydrogen) atoms. The van der Waals surface area contributed by atoms with Gasteiger partial charge in [-0.2, -0.15) is 0 Å². The third-order valence-electron chi connectivity index (χ3n) is 0.892. The summed E-state index contributed by atoms with van der Waals surface area (Å²) in [6, 6.07) is 0.